The molecule has 1 N–H and O–H groups in total. The highest BCUT2D eigenvalue weighted by Crippen LogP contribution is 2.21. The van der Waals surface area contributed by atoms with Gasteiger partial charge in [0.15, 0.2) is 6.61 Å². The fourth-order valence-corrected chi connectivity index (χ4v) is 2.73. The monoisotopic (exact) mass is 407 g/mol. The van der Waals surface area contributed by atoms with Crippen molar-refractivity contribution in [1.82, 2.24) is 5.32 Å². The second-order valence-corrected chi connectivity index (χ2v) is 6.41. The van der Waals surface area contributed by atoms with Gasteiger partial charge in [-0.2, -0.15) is 0 Å². The molecule has 1 amide bonds. The summed E-state index contributed by atoms with van der Waals surface area (Å²) in [5, 5.41) is 3.05. The van der Waals surface area contributed by atoms with Gasteiger partial charge in [0.25, 0.3) is 5.91 Å². The van der Waals surface area contributed by atoms with Crippen molar-refractivity contribution in [3.63, 3.8) is 0 Å². The number of carbonyl (C=O) groups excluding carboxylic acids is 2. The van der Waals surface area contributed by atoms with E-state index in [9.17, 15) is 14.4 Å². The smallest absolute Gasteiger partial charge is 0.349 e. The van der Waals surface area contributed by atoms with Crippen LogP contribution in [0.15, 0.2) is 70.4 Å². The fourth-order valence-electron chi connectivity index (χ4n) is 2.73. The zero-order chi connectivity index (χ0) is 21.5. The van der Waals surface area contributed by atoms with E-state index in [0.717, 1.165) is 12.0 Å². The van der Waals surface area contributed by atoms with Crippen molar-refractivity contribution in [2.75, 3.05) is 13.2 Å². The first kappa shape index (κ1) is 20.9. The summed E-state index contributed by atoms with van der Waals surface area (Å²) < 4.78 is 15.9. The molecule has 1 heterocycles. The second-order valence-electron chi connectivity index (χ2n) is 6.41. The summed E-state index contributed by atoms with van der Waals surface area (Å²) >= 11 is 0. The second kappa shape index (κ2) is 9.56. The molecule has 0 saturated heterocycles. The maximum Gasteiger partial charge on any atom is 0.349 e. The molecule has 0 aliphatic heterocycles. The third-order valence-electron chi connectivity index (χ3n) is 4.25. The number of esters is 1. The first-order valence-corrected chi connectivity index (χ1v) is 9.39. The number of rotatable bonds is 8. The lowest BCUT2D eigenvalue weighted by Crippen LogP contribution is -2.28. The van der Waals surface area contributed by atoms with Gasteiger partial charge in [-0.1, -0.05) is 25.1 Å². The van der Waals surface area contributed by atoms with Crippen LogP contribution in [0.4, 0.5) is 0 Å². The minimum atomic E-state index is -0.785. The van der Waals surface area contributed by atoms with E-state index < -0.39 is 17.5 Å². The number of fused-ring (bicyclic) bond motifs is 1. The third kappa shape index (κ3) is 5.14. The molecular weight excluding hydrogens is 386 g/mol. The van der Waals surface area contributed by atoms with Gasteiger partial charge in [-0.25, -0.2) is 9.59 Å². The molecule has 0 aliphatic carbocycles. The standard InChI is InChI=1S/C23H21NO6/c1-3-10-24-22(26)19-12-16-8-9-18(13-20(16)30-23(19)27)29-21(25)14-28-17-7-5-6-15(4-2)11-17/h3,5-9,11-13H,1,4,10,14H2,2H3,(H,24,26). The molecule has 0 unspecified atom stereocenters. The van der Waals surface area contributed by atoms with Crippen molar-refractivity contribution in [1.29, 1.82) is 0 Å². The van der Waals surface area contributed by atoms with Crippen molar-refractivity contribution in [2.24, 2.45) is 0 Å². The SMILES string of the molecule is C=CCNC(=O)c1cc2ccc(OC(=O)COc3cccc(CC)c3)cc2oc1=O. The number of hydrogen-bond donors (Lipinski definition) is 1. The molecule has 154 valence electrons. The van der Waals surface area contributed by atoms with Gasteiger partial charge >= 0.3 is 11.6 Å². The van der Waals surface area contributed by atoms with Crippen molar-refractivity contribution in [3.05, 3.63) is 82.7 Å². The van der Waals surface area contributed by atoms with E-state index in [1.54, 1.807) is 18.2 Å². The molecule has 2 aromatic carbocycles. The molecule has 1 aromatic heterocycles. The van der Waals surface area contributed by atoms with Gasteiger partial charge < -0.3 is 19.2 Å². The number of carbonyl (C=O) groups is 2. The van der Waals surface area contributed by atoms with E-state index in [2.05, 4.69) is 11.9 Å². The Morgan fingerprint density at radius 3 is 2.73 bits per heavy atom. The van der Waals surface area contributed by atoms with Crippen LogP contribution in [0.5, 0.6) is 11.5 Å². The average molecular weight is 407 g/mol. The van der Waals surface area contributed by atoms with E-state index in [1.807, 2.05) is 25.1 Å². The molecule has 3 aromatic rings. The maximum absolute atomic E-state index is 12.1. The van der Waals surface area contributed by atoms with Gasteiger partial charge in [0, 0.05) is 18.0 Å². The Balaban J connectivity index is 1.69. The Morgan fingerprint density at radius 1 is 1.13 bits per heavy atom. The Bertz CT molecular complexity index is 1150. The Labute approximate surface area is 172 Å². The lowest BCUT2D eigenvalue weighted by Gasteiger charge is -2.08. The summed E-state index contributed by atoms with van der Waals surface area (Å²) in [6.07, 6.45) is 2.37. The van der Waals surface area contributed by atoms with Crippen molar-refractivity contribution < 1.29 is 23.5 Å². The molecule has 0 radical (unpaired) electrons. The number of hydrogen-bond acceptors (Lipinski definition) is 6. The molecule has 0 spiro atoms. The summed E-state index contributed by atoms with van der Waals surface area (Å²) in [5.41, 5.74) is 0.397. The highest BCUT2D eigenvalue weighted by molar-refractivity contribution is 5.96. The van der Waals surface area contributed by atoms with Crippen LogP contribution in [0, 0.1) is 0 Å². The van der Waals surface area contributed by atoms with E-state index in [-0.39, 0.29) is 30.0 Å². The van der Waals surface area contributed by atoms with Crippen LogP contribution in [0.1, 0.15) is 22.8 Å². The lowest BCUT2D eigenvalue weighted by molar-refractivity contribution is -0.136. The third-order valence-corrected chi connectivity index (χ3v) is 4.25. The summed E-state index contributed by atoms with van der Waals surface area (Å²) in [7, 11) is 0. The number of benzene rings is 2. The van der Waals surface area contributed by atoms with Crippen molar-refractivity contribution >= 4 is 22.8 Å². The average Bonchev–Trinajstić information content (AvgIpc) is 2.75. The Morgan fingerprint density at radius 2 is 1.97 bits per heavy atom. The maximum atomic E-state index is 12.1. The van der Waals surface area contributed by atoms with Gasteiger partial charge in [-0.15, -0.1) is 6.58 Å². The molecule has 0 aliphatic rings. The lowest BCUT2D eigenvalue weighted by atomic mass is 10.1. The molecule has 7 heteroatoms. The number of amides is 1. The topological polar surface area (TPSA) is 94.8 Å². The first-order chi connectivity index (χ1) is 14.5. The summed E-state index contributed by atoms with van der Waals surface area (Å²) in [6.45, 7) is 5.50. The molecule has 0 bridgehead atoms. The van der Waals surface area contributed by atoms with Crippen LogP contribution in [-0.4, -0.2) is 25.0 Å². The predicted octanol–water partition coefficient (Wildman–Crippen LogP) is 3.26. The van der Waals surface area contributed by atoms with Gasteiger partial charge in [0.2, 0.25) is 0 Å². The van der Waals surface area contributed by atoms with Gasteiger partial charge in [-0.3, -0.25) is 4.79 Å². The van der Waals surface area contributed by atoms with E-state index in [0.29, 0.717) is 11.1 Å². The quantitative estimate of drug-likeness (QED) is 0.267. The van der Waals surface area contributed by atoms with Gasteiger partial charge in [0.1, 0.15) is 22.6 Å². The van der Waals surface area contributed by atoms with E-state index in [1.165, 1.54) is 18.2 Å². The molecule has 7 nitrogen and oxygen atoms in total. The fraction of sp³-hybridized carbons (Fsp3) is 0.174. The summed E-state index contributed by atoms with van der Waals surface area (Å²) in [4.78, 5) is 36.2. The van der Waals surface area contributed by atoms with Crippen molar-refractivity contribution in [3.8, 4) is 11.5 Å². The Kier molecular flexibility index (Phi) is 6.64. The normalized spacial score (nSPS) is 10.4. The number of ether oxygens (including phenoxy) is 2. The van der Waals surface area contributed by atoms with Crippen LogP contribution in [-0.2, 0) is 11.2 Å². The molecule has 30 heavy (non-hydrogen) atoms. The van der Waals surface area contributed by atoms with Crippen LogP contribution in [0.3, 0.4) is 0 Å². The minimum Gasteiger partial charge on any atom is -0.482 e. The van der Waals surface area contributed by atoms with Gasteiger partial charge in [0.05, 0.1) is 0 Å². The molecule has 0 fully saturated rings. The molecule has 0 saturated carbocycles. The van der Waals surface area contributed by atoms with E-state index >= 15 is 0 Å². The van der Waals surface area contributed by atoms with E-state index in [4.69, 9.17) is 13.9 Å². The predicted molar refractivity (Wildman–Crippen MR) is 112 cm³/mol. The minimum absolute atomic E-state index is 0.114. The highest BCUT2D eigenvalue weighted by atomic mass is 16.6. The molecular formula is C23H21NO6. The van der Waals surface area contributed by atoms with Crippen LogP contribution in [0.25, 0.3) is 11.0 Å². The Hall–Kier alpha value is -3.87. The zero-order valence-corrected chi connectivity index (χ0v) is 16.5. The van der Waals surface area contributed by atoms with Gasteiger partial charge in [-0.05, 0) is 42.3 Å². The van der Waals surface area contributed by atoms with Crippen LogP contribution in [0.2, 0.25) is 0 Å². The summed E-state index contributed by atoms with van der Waals surface area (Å²) in [6, 6.07) is 13.4. The zero-order valence-electron chi connectivity index (χ0n) is 16.5. The number of aryl methyl sites for hydroxylation is 1. The highest BCUT2D eigenvalue weighted by Gasteiger charge is 2.14. The summed E-state index contributed by atoms with van der Waals surface area (Å²) in [5.74, 6) is -0.368. The largest absolute Gasteiger partial charge is 0.482 e. The molecule has 3 rings (SSSR count). The first-order valence-electron chi connectivity index (χ1n) is 9.39. The molecule has 0 atom stereocenters. The van der Waals surface area contributed by atoms with Crippen LogP contribution < -0.4 is 20.4 Å². The number of nitrogens with one attached hydrogen (secondary N) is 1. The van der Waals surface area contributed by atoms with Crippen molar-refractivity contribution in [2.45, 2.75) is 13.3 Å². The van der Waals surface area contributed by atoms with Crippen LogP contribution >= 0.6 is 0 Å².